The quantitative estimate of drug-likeness (QED) is 0.666. The zero-order valence-corrected chi connectivity index (χ0v) is 14.0. The number of hydrogen-bond donors (Lipinski definition) is 3. The smallest absolute Gasteiger partial charge is 0.315 e. The number of aromatic amines is 1. The molecular formula is C18H19FN4O2. The number of nitrogens with zero attached hydrogens (tertiary/aromatic N) is 1. The van der Waals surface area contributed by atoms with Crippen molar-refractivity contribution in [1.29, 1.82) is 0 Å². The van der Waals surface area contributed by atoms with Crippen molar-refractivity contribution in [2.24, 2.45) is 0 Å². The number of rotatable bonds is 5. The Hall–Kier alpha value is -3.09. The van der Waals surface area contributed by atoms with Gasteiger partial charge in [-0.2, -0.15) is 0 Å². The van der Waals surface area contributed by atoms with Crippen LogP contribution in [0.4, 0.5) is 9.18 Å². The number of methoxy groups -OCH3 is 1. The molecule has 0 aliphatic carbocycles. The number of H-pyrrole nitrogens is 1. The fraction of sp³-hybridized carbons (Fsp3) is 0.222. The highest BCUT2D eigenvalue weighted by molar-refractivity contribution is 5.76. The van der Waals surface area contributed by atoms with E-state index in [4.69, 9.17) is 4.74 Å². The van der Waals surface area contributed by atoms with Gasteiger partial charge in [0.05, 0.1) is 30.7 Å². The first kappa shape index (κ1) is 16.8. The van der Waals surface area contributed by atoms with Gasteiger partial charge in [0.1, 0.15) is 17.4 Å². The Labute approximate surface area is 144 Å². The number of fused-ring (bicyclic) bond motifs is 1. The van der Waals surface area contributed by atoms with Crippen molar-refractivity contribution in [1.82, 2.24) is 20.6 Å². The molecule has 1 atom stereocenters. The van der Waals surface area contributed by atoms with E-state index in [1.54, 1.807) is 13.2 Å². The van der Waals surface area contributed by atoms with E-state index >= 15 is 0 Å². The van der Waals surface area contributed by atoms with E-state index in [2.05, 4.69) is 20.6 Å². The molecule has 0 radical (unpaired) electrons. The van der Waals surface area contributed by atoms with Crippen LogP contribution in [-0.2, 0) is 6.54 Å². The summed E-state index contributed by atoms with van der Waals surface area (Å²) in [5.74, 6) is 0.997. The second-order valence-corrected chi connectivity index (χ2v) is 5.67. The number of amides is 2. The Morgan fingerprint density at radius 1 is 1.28 bits per heavy atom. The Balaban J connectivity index is 1.55. The molecule has 0 aliphatic rings. The Kier molecular flexibility index (Phi) is 4.83. The van der Waals surface area contributed by atoms with Crippen molar-refractivity contribution < 1.29 is 13.9 Å². The summed E-state index contributed by atoms with van der Waals surface area (Å²) < 4.78 is 18.3. The Morgan fingerprint density at radius 2 is 2.04 bits per heavy atom. The first-order valence-electron chi connectivity index (χ1n) is 7.87. The second-order valence-electron chi connectivity index (χ2n) is 5.67. The van der Waals surface area contributed by atoms with Gasteiger partial charge in [-0.05, 0) is 42.8 Å². The number of carbonyl (C=O) groups is 1. The number of urea groups is 1. The van der Waals surface area contributed by atoms with E-state index in [9.17, 15) is 9.18 Å². The molecule has 2 amide bonds. The normalized spacial score (nSPS) is 12.0. The number of benzene rings is 2. The van der Waals surface area contributed by atoms with Crippen LogP contribution in [0.25, 0.3) is 11.0 Å². The average Bonchev–Trinajstić information content (AvgIpc) is 3.02. The molecule has 130 valence electrons. The summed E-state index contributed by atoms with van der Waals surface area (Å²) in [7, 11) is 1.61. The monoisotopic (exact) mass is 342 g/mol. The van der Waals surface area contributed by atoms with Gasteiger partial charge in [-0.1, -0.05) is 12.1 Å². The molecule has 0 bridgehead atoms. The molecule has 3 aromatic rings. The van der Waals surface area contributed by atoms with Gasteiger partial charge in [-0.3, -0.25) is 0 Å². The summed E-state index contributed by atoms with van der Waals surface area (Å²) in [6, 6.07) is 11.3. The van der Waals surface area contributed by atoms with Gasteiger partial charge in [-0.15, -0.1) is 0 Å². The first-order valence-corrected chi connectivity index (χ1v) is 7.87. The van der Waals surface area contributed by atoms with Crippen molar-refractivity contribution in [3.63, 3.8) is 0 Å². The SMILES string of the molecule is COc1ccc([C@@H](C)NC(=O)NCc2nc3ccc(F)cc3[nH]2)cc1. The molecule has 0 saturated carbocycles. The molecule has 1 heterocycles. The van der Waals surface area contributed by atoms with Gasteiger partial charge >= 0.3 is 6.03 Å². The maximum Gasteiger partial charge on any atom is 0.315 e. The van der Waals surface area contributed by atoms with Crippen molar-refractivity contribution in [3.8, 4) is 5.75 Å². The molecule has 0 saturated heterocycles. The topological polar surface area (TPSA) is 79.0 Å². The van der Waals surface area contributed by atoms with Crippen LogP contribution in [0, 0.1) is 5.82 Å². The third-order valence-corrected chi connectivity index (χ3v) is 3.87. The summed E-state index contributed by atoms with van der Waals surface area (Å²) >= 11 is 0. The van der Waals surface area contributed by atoms with Gasteiger partial charge in [0, 0.05) is 0 Å². The van der Waals surface area contributed by atoms with Crippen LogP contribution < -0.4 is 15.4 Å². The average molecular weight is 342 g/mol. The number of aromatic nitrogens is 2. The predicted octanol–water partition coefficient (Wildman–Crippen LogP) is 3.27. The molecule has 1 aromatic heterocycles. The van der Waals surface area contributed by atoms with Gasteiger partial charge in [0.2, 0.25) is 0 Å². The van der Waals surface area contributed by atoms with E-state index in [1.807, 2.05) is 31.2 Å². The third kappa shape index (κ3) is 4.06. The fourth-order valence-electron chi connectivity index (χ4n) is 2.51. The largest absolute Gasteiger partial charge is 0.497 e. The van der Waals surface area contributed by atoms with Crippen molar-refractivity contribution >= 4 is 17.1 Å². The molecule has 25 heavy (non-hydrogen) atoms. The number of hydrogen-bond acceptors (Lipinski definition) is 3. The number of halogens is 1. The van der Waals surface area contributed by atoms with Gasteiger partial charge in [0.15, 0.2) is 0 Å². The summed E-state index contributed by atoms with van der Waals surface area (Å²) in [6.45, 7) is 2.11. The molecule has 3 N–H and O–H groups in total. The first-order chi connectivity index (χ1) is 12.0. The maximum absolute atomic E-state index is 13.2. The zero-order valence-electron chi connectivity index (χ0n) is 14.0. The molecule has 0 fully saturated rings. The second kappa shape index (κ2) is 7.21. The van der Waals surface area contributed by atoms with Gasteiger partial charge < -0.3 is 20.4 Å². The van der Waals surface area contributed by atoms with Crippen LogP contribution in [0.15, 0.2) is 42.5 Å². The van der Waals surface area contributed by atoms with Crippen LogP contribution in [0.1, 0.15) is 24.4 Å². The van der Waals surface area contributed by atoms with Gasteiger partial charge in [0.25, 0.3) is 0 Å². The molecule has 6 nitrogen and oxygen atoms in total. The highest BCUT2D eigenvalue weighted by Crippen LogP contribution is 2.17. The van der Waals surface area contributed by atoms with Crippen LogP contribution in [0.3, 0.4) is 0 Å². The highest BCUT2D eigenvalue weighted by Gasteiger charge is 2.10. The Bertz CT molecular complexity index is 876. The molecule has 0 unspecified atom stereocenters. The summed E-state index contributed by atoms with van der Waals surface area (Å²) in [5.41, 5.74) is 2.23. The Morgan fingerprint density at radius 3 is 2.76 bits per heavy atom. The minimum absolute atomic E-state index is 0.157. The molecular weight excluding hydrogens is 323 g/mol. The highest BCUT2D eigenvalue weighted by atomic mass is 19.1. The van der Waals surface area contributed by atoms with Gasteiger partial charge in [-0.25, -0.2) is 14.2 Å². The van der Waals surface area contributed by atoms with E-state index in [0.717, 1.165) is 11.3 Å². The molecule has 2 aromatic carbocycles. The van der Waals surface area contributed by atoms with Crippen LogP contribution >= 0.6 is 0 Å². The summed E-state index contributed by atoms with van der Waals surface area (Å²) in [4.78, 5) is 19.3. The number of carbonyl (C=O) groups excluding carboxylic acids is 1. The fourth-order valence-corrected chi connectivity index (χ4v) is 2.51. The van der Waals surface area contributed by atoms with Crippen molar-refractivity contribution in [3.05, 3.63) is 59.7 Å². The number of ether oxygens (including phenoxy) is 1. The standard InChI is InChI=1S/C18H19FN4O2/c1-11(12-3-6-14(25-2)7-4-12)21-18(24)20-10-17-22-15-8-5-13(19)9-16(15)23-17/h3-9,11H,10H2,1-2H3,(H,22,23)(H2,20,21,24)/t11-/m1/s1. The van der Waals surface area contributed by atoms with E-state index < -0.39 is 0 Å². The summed E-state index contributed by atoms with van der Waals surface area (Å²) in [5, 5.41) is 5.59. The predicted molar refractivity (Wildman–Crippen MR) is 92.8 cm³/mol. The molecule has 0 aliphatic heterocycles. The molecule has 7 heteroatoms. The van der Waals surface area contributed by atoms with E-state index in [1.165, 1.54) is 12.1 Å². The van der Waals surface area contributed by atoms with Crippen LogP contribution in [0.5, 0.6) is 5.75 Å². The molecule has 0 spiro atoms. The number of imidazole rings is 1. The van der Waals surface area contributed by atoms with Crippen molar-refractivity contribution in [2.45, 2.75) is 19.5 Å². The van der Waals surface area contributed by atoms with Crippen molar-refractivity contribution in [2.75, 3.05) is 7.11 Å². The lowest BCUT2D eigenvalue weighted by atomic mass is 10.1. The zero-order chi connectivity index (χ0) is 17.8. The lowest BCUT2D eigenvalue weighted by molar-refractivity contribution is 0.237. The minimum atomic E-state index is -0.332. The minimum Gasteiger partial charge on any atom is -0.497 e. The van der Waals surface area contributed by atoms with Crippen LogP contribution in [0.2, 0.25) is 0 Å². The van der Waals surface area contributed by atoms with Crippen LogP contribution in [-0.4, -0.2) is 23.1 Å². The lowest BCUT2D eigenvalue weighted by Gasteiger charge is -2.15. The number of nitrogens with one attached hydrogen (secondary N) is 3. The van der Waals surface area contributed by atoms with E-state index in [-0.39, 0.29) is 24.4 Å². The summed E-state index contributed by atoms with van der Waals surface area (Å²) in [6.07, 6.45) is 0. The van der Waals surface area contributed by atoms with E-state index in [0.29, 0.717) is 16.9 Å². The third-order valence-electron chi connectivity index (χ3n) is 3.87. The lowest BCUT2D eigenvalue weighted by Crippen LogP contribution is -2.36. The maximum atomic E-state index is 13.2. The molecule has 3 rings (SSSR count).